The third kappa shape index (κ3) is 11.8. The Kier molecular flexibility index (Phi) is 13.2. The average Bonchev–Trinajstić information content (AvgIpc) is 3.36. The molecule has 37 heavy (non-hydrogen) atoms. The van der Waals surface area contributed by atoms with Crippen LogP contribution >= 0.6 is 46.4 Å². The van der Waals surface area contributed by atoms with Crippen molar-refractivity contribution in [1.29, 1.82) is 0 Å². The molecule has 0 aliphatic carbocycles. The van der Waals surface area contributed by atoms with Crippen molar-refractivity contribution in [3.63, 3.8) is 0 Å². The summed E-state index contributed by atoms with van der Waals surface area (Å²) in [7, 11) is 0. The highest BCUT2D eigenvalue weighted by atomic mass is 35.5. The molecule has 1 aliphatic heterocycles. The smallest absolute Gasteiger partial charge is 0.328 e. The van der Waals surface area contributed by atoms with Crippen LogP contribution in [0.15, 0.2) is 48.6 Å². The van der Waals surface area contributed by atoms with Crippen molar-refractivity contribution in [2.75, 3.05) is 32.7 Å². The summed E-state index contributed by atoms with van der Waals surface area (Å²) in [5, 5.41) is 17.7. The molecule has 7 nitrogen and oxygen atoms in total. The van der Waals surface area contributed by atoms with Crippen molar-refractivity contribution in [1.82, 2.24) is 9.80 Å². The third-order valence-corrected chi connectivity index (χ3v) is 7.08. The Hall–Kier alpha value is -2.29. The second kappa shape index (κ2) is 15.8. The lowest BCUT2D eigenvalue weighted by molar-refractivity contribution is -0.134. The van der Waals surface area contributed by atoms with Crippen LogP contribution in [0.3, 0.4) is 0 Å². The molecule has 0 bridgehead atoms. The zero-order valence-electron chi connectivity index (χ0n) is 20.0. The van der Waals surface area contributed by atoms with Crippen LogP contribution in [0.5, 0.6) is 0 Å². The van der Waals surface area contributed by atoms with Crippen molar-refractivity contribution in [2.24, 2.45) is 0 Å². The lowest BCUT2D eigenvalue weighted by atomic mass is 10.1. The van der Waals surface area contributed by atoms with E-state index in [1.807, 2.05) is 23.1 Å². The molecule has 0 radical (unpaired) electrons. The number of likely N-dealkylation sites (tertiary alicyclic amines) is 1. The average molecular weight is 590 g/mol. The SMILES string of the molecule is O=C(Cc1ccc(Cl)c(Cl)c1)N(CCc1ccc(Cl)c(Cl)c1)CCN1CCCC1.O=C(O)/C=C/C(=O)O. The molecule has 1 heterocycles. The van der Waals surface area contributed by atoms with Gasteiger partial charge >= 0.3 is 11.9 Å². The van der Waals surface area contributed by atoms with Crippen molar-refractivity contribution in [3.05, 3.63) is 79.8 Å². The highest BCUT2D eigenvalue weighted by Crippen LogP contribution is 2.24. The van der Waals surface area contributed by atoms with Crippen LogP contribution in [0.2, 0.25) is 20.1 Å². The topological polar surface area (TPSA) is 98.2 Å². The van der Waals surface area contributed by atoms with Crippen molar-refractivity contribution in [2.45, 2.75) is 25.7 Å². The first-order valence-electron chi connectivity index (χ1n) is 11.6. The highest BCUT2D eigenvalue weighted by molar-refractivity contribution is 6.42. The van der Waals surface area contributed by atoms with Crippen molar-refractivity contribution < 1.29 is 24.6 Å². The number of benzene rings is 2. The van der Waals surface area contributed by atoms with Gasteiger partial charge in [-0.15, -0.1) is 0 Å². The Morgan fingerprint density at radius 2 is 1.30 bits per heavy atom. The Labute approximate surface area is 236 Å². The highest BCUT2D eigenvalue weighted by Gasteiger charge is 2.18. The molecule has 0 spiro atoms. The summed E-state index contributed by atoms with van der Waals surface area (Å²) in [6, 6.07) is 11.0. The molecule has 3 rings (SSSR count). The Morgan fingerprint density at radius 1 is 0.784 bits per heavy atom. The maximum absolute atomic E-state index is 13.0. The molecule has 0 aromatic heterocycles. The molecule has 11 heteroatoms. The quantitative estimate of drug-likeness (QED) is 0.344. The number of aliphatic carboxylic acids is 2. The minimum Gasteiger partial charge on any atom is -0.478 e. The van der Waals surface area contributed by atoms with Crippen molar-refractivity contribution in [3.8, 4) is 0 Å². The zero-order valence-corrected chi connectivity index (χ0v) is 23.0. The second-order valence-electron chi connectivity index (χ2n) is 8.36. The van der Waals surface area contributed by atoms with E-state index in [-0.39, 0.29) is 5.91 Å². The van der Waals surface area contributed by atoms with Gasteiger partial charge in [-0.2, -0.15) is 0 Å². The van der Waals surface area contributed by atoms with E-state index in [0.717, 1.165) is 37.2 Å². The van der Waals surface area contributed by atoms with Crippen molar-refractivity contribution >= 4 is 64.2 Å². The van der Waals surface area contributed by atoms with Gasteiger partial charge in [0.1, 0.15) is 0 Å². The zero-order chi connectivity index (χ0) is 27.4. The number of carboxylic acid groups (broad SMARTS) is 2. The molecule has 2 aromatic carbocycles. The molecule has 200 valence electrons. The molecule has 1 aliphatic rings. The molecule has 2 N–H and O–H groups in total. The van der Waals surface area contributed by atoms with E-state index in [0.29, 0.717) is 51.8 Å². The van der Waals surface area contributed by atoms with Gasteiger partial charge in [0.2, 0.25) is 5.91 Å². The van der Waals surface area contributed by atoms with E-state index in [9.17, 15) is 14.4 Å². The number of halogens is 4. The lowest BCUT2D eigenvalue weighted by Crippen LogP contribution is -2.40. The second-order valence-corrected chi connectivity index (χ2v) is 9.99. The first kappa shape index (κ1) is 30.9. The molecule has 1 saturated heterocycles. The van der Waals surface area contributed by atoms with Gasteiger partial charge in [0.25, 0.3) is 0 Å². The summed E-state index contributed by atoms with van der Waals surface area (Å²) in [6.07, 6.45) is 4.62. The number of carbonyl (C=O) groups excluding carboxylic acids is 1. The Bertz CT molecular complexity index is 1100. The first-order valence-corrected chi connectivity index (χ1v) is 13.1. The van der Waals surface area contributed by atoms with Gasteiger partial charge in [0.05, 0.1) is 26.5 Å². The number of carbonyl (C=O) groups is 3. The molecule has 0 atom stereocenters. The van der Waals surface area contributed by atoms with Gasteiger partial charge in [0, 0.05) is 31.8 Å². The van der Waals surface area contributed by atoms with Gasteiger partial charge in [-0.25, -0.2) is 9.59 Å². The van der Waals surface area contributed by atoms with Gasteiger partial charge in [-0.1, -0.05) is 58.5 Å². The number of nitrogens with zero attached hydrogens (tertiary/aromatic N) is 2. The summed E-state index contributed by atoms with van der Waals surface area (Å²) in [4.78, 5) is 36.5. The Balaban J connectivity index is 0.000000521. The van der Waals surface area contributed by atoms with Crippen LogP contribution in [-0.4, -0.2) is 70.6 Å². The lowest BCUT2D eigenvalue weighted by Gasteiger charge is -2.26. The van der Waals surface area contributed by atoms with E-state index in [1.54, 1.807) is 18.2 Å². The van der Waals surface area contributed by atoms with Crippen LogP contribution in [0.1, 0.15) is 24.0 Å². The molecular formula is C26H28Cl4N2O5. The standard InChI is InChI=1S/C22H24Cl4N2O.C4H4O4/c23-18-5-3-16(13-20(18)25)7-10-28(12-11-27-8-1-2-9-27)22(29)15-17-4-6-19(24)21(26)14-17;5-3(6)1-2-4(7)8/h3-6,13-14H,1-2,7-12,15H2;1-2H,(H,5,6)(H,7,8)/b;2-1+. The molecule has 1 fully saturated rings. The summed E-state index contributed by atoms with van der Waals surface area (Å²) in [5.74, 6) is -2.43. The number of hydrogen-bond donors (Lipinski definition) is 2. The van der Waals surface area contributed by atoms with Crippen LogP contribution in [0, 0.1) is 0 Å². The maximum atomic E-state index is 13.0. The van der Waals surface area contributed by atoms with Crippen LogP contribution in [-0.2, 0) is 27.2 Å². The molecule has 0 unspecified atom stereocenters. The largest absolute Gasteiger partial charge is 0.478 e. The molecule has 0 saturated carbocycles. The van der Waals surface area contributed by atoms with E-state index in [2.05, 4.69) is 4.90 Å². The van der Waals surface area contributed by atoms with E-state index in [4.69, 9.17) is 56.6 Å². The van der Waals surface area contributed by atoms with Gasteiger partial charge in [-0.05, 0) is 67.7 Å². The summed E-state index contributed by atoms with van der Waals surface area (Å²) in [6.45, 7) is 4.46. The van der Waals surface area contributed by atoms with Gasteiger partial charge < -0.3 is 20.0 Å². The Morgan fingerprint density at radius 3 is 1.81 bits per heavy atom. The van der Waals surface area contributed by atoms with Crippen LogP contribution < -0.4 is 0 Å². The fraction of sp³-hybridized carbons (Fsp3) is 0.346. The number of amides is 1. The minimum absolute atomic E-state index is 0.0858. The third-order valence-electron chi connectivity index (χ3n) is 5.60. The number of hydrogen-bond acceptors (Lipinski definition) is 4. The number of rotatable bonds is 10. The fourth-order valence-electron chi connectivity index (χ4n) is 3.67. The first-order chi connectivity index (χ1) is 17.5. The van der Waals surface area contributed by atoms with E-state index < -0.39 is 11.9 Å². The minimum atomic E-state index is -1.26. The van der Waals surface area contributed by atoms with Gasteiger partial charge in [0.15, 0.2) is 0 Å². The predicted octanol–water partition coefficient (Wildman–Crippen LogP) is 5.72. The van der Waals surface area contributed by atoms with Crippen LogP contribution in [0.4, 0.5) is 0 Å². The summed E-state index contributed by atoms with van der Waals surface area (Å²) >= 11 is 24.2. The van der Waals surface area contributed by atoms with Crippen LogP contribution in [0.25, 0.3) is 0 Å². The molecular weight excluding hydrogens is 562 g/mol. The van der Waals surface area contributed by atoms with E-state index in [1.165, 1.54) is 12.8 Å². The summed E-state index contributed by atoms with van der Waals surface area (Å²) < 4.78 is 0. The monoisotopic (exact) mass is 588 g/mol. The molecule has 2 aromatic rings. The van der Waals surface area contributed by atoms with Gasteiger partial charge in [-0.3, -0.25) is 4.79 Å². The molecule has 1 amide bonds. The normalized spacial score (nSPS) is 13.3. The fourth-order valence-corrected chi connectivity index (χ4v) is 4.31. The summed E-state index contributed by atoms with van der Waals surface area (Å²) in [5.41, 5.74) is 1.93. The predicted molar refractivity (Wildman–Crippen MR) is 147 cm³/mol. The van der Waals surface area contributed by atoms with E-state index >= 15 is 0 Å². The maximum Gasteiger partial charge on any atom is 0.328 e. The number of carboxylic acids is 2.